The van der Waals surface area contributed by atoms with Crippen molar-refractivity contribution in [3.05, 3.63) is 71.8 Å². The number of benzene rings is 2. The molecule has 2 aromatic carbocycles. The van der Waals surface area contributed by atoms with Crippen LogP contribution in [0.4, 0.5) is 0 Å². The molecule has 1 aliphatic rings. The van der Waals surface area contributed by atoms with Crippen molar-refractivity contribution in [1.29, 1.82) is 0 Å². The van der Waals surface area contributed by atoms with Gasteiger partial charge < -0.3 is 4.74 Å². The molecule has 1 heteroatoms. The van der Waals surface area contributed by atoms with Gasteiger partial charge in [0.15, 0.2) is 0 Å². The molecule has 0 heterocycles. The highest BCUT2D eigenvalue weighted by atomic mass is 16.5. The van der Waals surface area contributed by atoms with Crippen molar-refractivity contribution in [3.8, 4) is 11.1 Å². The zero-order valence-corrected chi connectivity index (χ0v) is 17.7. The Labute approximate surface area is 171 Å². The molecule has 2 aromatic rings. The maximum Gasteiger partial charge on any atom is 0.0716 e. The van der Waals surface area contributed by atoms with E-state index < -0.39 is 0 Å². The standard InChI is InChI=1S/C27H36O/c1-3-5-7-22-8-12-24(13-9-22)26-16-18-27(19-17-26)25-14-10-23(11-15-25)21-28-20-6-4-2/h3,5,10-11,14-19,22,24H,4,6-9,12-13,20-21H2,1-2H3/b5-3+. The molecule has 1 aliphatic carbocycles. The Morgan fingerprint density at radius 2 is 1.54 bits per heavy atom. The average molecular weight is 377 g/mol. The molecule has 0 N–H and O–H groups in total. The fraction of sp³-hybridized carbons (Fsp3) is 0.481. The Hall–Kier alpha value is -1.86. The summed E-state index contributed by atoms with van der Waals surface area (Å²) < 4.78 is 5.71. The summed E-state index contributed by atoms with van der Waals surface area (Å²) in [4.78, 5) is 0. The van der Waals surface area contributed by atoms with E-state index in [1.165, 1.54) is 60.8 Å². The van der Waals surface area contributed by atoms with Crippen LogP contribution in [0.3, 0.4) is 0 Å². The van der Waals surface area contributed by atoms with Gasteiger partial charge in [0.2, 0.25) is 0 Å². The Morgan fingerprint density at radius 3 is 2.14 bits per heavy atom. The quantitative estimate of drug-likeness (QED) is 0.319. The third-order valence-electron chi connectivity index (χ3n) is 6.13. The van der Waals surface area contributed by atoms with E-state index in [0.717, 1.165) is 31.5 Å². The Kier molecular flexibility index (Phi) is 8.36. The van der Waals surface area contributed by atoms with Crippen LogP contribution in [-0.2, 0) is 11.3 Å². The van der Waals surface area contributed by atoms with Crippen molar-refractivity contribution in [2.75, 3.05) is 6.61 Å². The van der Waals surface area contributed by atoms with Gasteiger partial charge in [0.25, 0.3) is 0 Å². The van der Waals surface area contributed by atoms with Crippen LogP contribution >= 0.6 is 0 Å². The van der Waals surface area contributed by atoms with Crippen molar-refractivity contribution in [1.82, 2.24) is 0 Å². The van der Waals surface area contributed by atoms with Crippen molar-refractivity contribution >= 4 is 0 Å². The third-order valence-corrected chi connectivity index (χ3v) is 6.13. The molecular weight excluding hydrogens is 340 g/mol. The molecule has 28 heavy (non-hydrogen) atoms. The molecule has 0 spiro atoms. The van der Waals surface area contributed by atoms with E-state index in [9.17, 15) is 0 Å². The lowest BCUT2D eigenvalue weighted by molar-refractivity contribution is 0.118. The molecule has 0 unspecified atom stereocenters. The van der Waals surface area contributed by atoms with Crippen molar-refractivity contribution in [3.63, 3.8) is 0 Å². The van der Waals surface area contributed by atoms with Crippen LogP contribution in [0.2, 0.25) is 0 Å². The largest absolute Gasteiger partial charge is 0.377 e. The molecule has 1 fully saturated rings. The van der Waals surface area contributed by atoms with E-state index >= 15 is 0 Å². The number of hydrogen-bond donors (Lipinski definition) is 0. The lowest BCUT2D eigenvalue weighted by Gasteiger charge is -2.28. The van der Waals surface area contributed by atoms with Gasteiger partial charge in [-0.15, -0.1) is 0 Å². The lowest BCUT2D eigenvalue weighted by Crippen LogP contribution is -2.12. The molecule has 0 bridgehead atoms. The second kappa shape index (κ2) is 11.2. The molecule has 1 nitrogen and oxygen atoms in total. The first-order valence-corrected chi connectivity index (χ1v) is 11.2. The van der Waals surface area contributed by atoms with Gasteiger partial charge in [-0.1, -0.05) is 74.0 Å². The number of rotatable bonds is 9. The predicted octanol–water partition coefficient (Wildman–Crippen LogP) is 7.91. The molecule has 0 aliphatic heterocycles. The molecule has 0 atom stereocenters. The highest BCUT2D eigenvalue weighted by Gasteiger charge is 2.21. The molecule has 0 aromatic heterocycles. The second-order valence-electron chi connectivity index (χ2n) is 8.25. The van der Waals surface area contributed by atoms with Crippen molar-refractivity contribution < 1.29 is 4.74 Å². The fourth-order valence-corrected chi connectivity index (χ4v) is 4.24. The number of hydrogen-bond acceptors (Lipinski definition) is 1. The molecule has 0 radical (unpaired) electrons. The maximum absolute atomic E-state index is 5.71. The van der Waals surface area contributed by atoms with Gasteiger partial charge in [-0.2, -0.15) is 0 Å². The van der Waals surface area contributed by atoms with Crippen LogP contribution in [0.25, 0.3) is 11.1 Å². The van der Waals surface area contributed by atoms with Crippen LogP contribution in [0.5, 0.6) is 0 Å². The molecule has 0 saturated heterocycles. The SMILES string of the molecule is C/C=C/CC1CCC(c2ccc(-c3ccc(COCCCC)cc3)cc2)CC1. The first-order chi connectivity index (χ1) is 13.8. The van der Waals surface area contributed by atoms with E-state index in [4.69, 9.17) is 4.74 Å². The van der Waals surface area contributed by atoms with Gasteiger partial charge >= 0.3 is 0 Å². The summed E-state index contributed by atoms with van der Waals surface area (Å²) in [6.07, 6.45) is 13.6. The Balaban J connectivity index is 1.53. The smallest absolute Gasteiger partial charge is 0.0716 e. The minimum absolute atomic E-state index is 0.718. The first-order valence-electron chi connectivity index (χ1n) is 11.2. The van der Waals surface area contributed by atoms with Crippen LogP contribution in [0.1, 0.15) is 75.8 Å². The first kappa shape index (κ1) is 20.9. The summed E-state index contributed by atoms with van der Waals surface area (Å²) >= 11 is 0. The minimum atomic E-state index is 0.718. The summed E-state index contributed by atoms with van der Waals surface area (Å²) in [5, 5.41) is 0. The van der Waals surface area contributed by atoms with Gasteiger partial charge in [-0.05, 0) is 79.5 Å². The van der Waals surface area contributed by atoms with Crippen molar-refractivity contribution in [2.45, 2.75) is 71.3 Å². The zero-order valence-electron chi connectivity index (χ0n) is 17.7. The van der Waals surface area contributed by atoms with Gasteiger partial charge in [0, 0.05) is 6.61 Å². The predicted molar refractivity (Wildman–Crippen MR) is 121 cm³/mol. The lowest BCUT2D eigenvalue weighted by atomic mass is 9.77. The fourth-order valence-electron chi connectivity index (χ4n) is 4.24. The average Bonchev–Trinajstić information content (AvgIpc) is 2.76. The molecule has 1 saturated carbocycles. The Morgan fingerprint density at radius 1 is 0.893 bits per heavy atom. The van der Waals surface area contributed by atoms with Gasteiger partial charge in [0.1, 0.15) is 0 Å². The van der Waals surface area contributed by atoms with Gasteiger partial charge in [0.05, 0.1) is 6.61 Å². The number of ether oxygens (including phenoxy) is 1. The van der Waals surface area contributed by atoms with E-state index in [2.05, 4.69) is 74.5 Å². The molecule has 150 valence electrons. The van der Waals surface area contributed by atoms with E-state index in [1.807, 2.05) is 0 Å². The number of unbranched alkanes of at least 4 members (excludes halogenated alkanes) is 1. The molecule has 0 amide bonds. The highest BCUT2D eigenvalue weighted by molar-refractivity contribution is 5.64. The molecular formula is C27H36O. The minimum Gasteiger partial charge on any atom is -0.377 e. The third kappa shape index (κ3) is 6.07. The van der Waals surface area contributed by atoms with Crippen LogP contribution < -0.4 is 0 Å². The summed E-state index contributed by atoms with van der Waals surface area (Å²) in [5.74, 6) is 1.65. The highest BCUT2D eigenvalue weighted by Crippen LogP contribution is 2.37. The van der Waals surface area contributed by atoms with E-state index in [1.54, 1.807) is 0 Å². The molecule has 3 rings (SSSR count). The summed E-state index contributed by atoms with van der Waals surface area (Å²) in [6, 6.07) is 18.1. The van der Waals surface area contributed by atoms with E-state index in [-0.39, 0.29) is 0 Å². The monoisotopic (exact) mass is 376 g/mol. The van der Waals surface area contributed by atoms with Gasteiger partial charge in [-0.3, -0.25) is 0 Å². The summed E-state index contributed by atoms with van der Waals surface area (Å²) in [7, 11) is 0. The van der Waals surface area contributed by atoms with Crippen molar-refractivity contribution in [2.24, 2.45) is 5.92 Å². The van der Waals surface area contributed by atoms with Gasteiger partial charge in [-0.25, -0.2) is 0 Å². The second-order valence-corrected chi connectivity index (χ2v) is 8.25. The van der Waals surface area contributed by atoms with Crippen LogP contribution in [0, 0.1) is 5.92 Å². The van der Waals surface area contributed by atoms with Crippen LogP contribution in [-0.4, -0.2) is 6.61 Å². The van der Waals surface area contributed by atoms with E-state index in [0.29, 0.717) is 0 Å². The summed E-state index contributed by atoms with van der Waals surface area (Å²) in [5.41, 5.74) is 5.38. The summed E-state index contributed by atoms with van der Waals surface area (Å²) in [6.45, 7) is 5.90. The zero-order chi connectivity index (χ0) is 19.6. The van der Waals surface area contributed by atoms with Crippen LogP contribution in [0.15, 0.2) is 60.7 Å². The normalized spacial score (nSPS) is 19.9. The number of allylic oxidation sites excluding steroid dienone is 2. The topological polar surface area (TPSA) is 9.23 Å². The Bertz CT molecular complexity index is 703. The maximum atomic E-state index is 5.71.